The molecule has 2 amide bonds. The second-order valence-electron chi connectivity index (χ2n) is 16.1. The summed E-state index contributed by atoms with van der Waals surface area (Å²) in [7, 11) is 0. The minimum absolute atomic E-state index is 0.0398. The van der Waals surface area contributed by atoms with Crippen LogP contribution in [0.25, 0.3) is 0 Å². The van der Waals surface area contributed by atoms with Gasteiger partial charge in [0.25, 0.3) is 0 Å². The molecule has 2 saturated heterocycles. The Bertz CT molecular complexity index is 1840. The molecule has 8 nitrogen and oxygen atoms in total. The number of benzene rings is 2. The zero-order valence-corrected chi connectivity index (χ0v) is 33.6. The maximum atomic E-state index is 12.9. The molecule has 12 heteroatoms. The first-order valence-electron chi connectivity index (χ1n) is 18.2. The third-order valence-corrected chi connectivity index (χ3v) is 17.6. The third kappa shape index (κ3) is 8.72. The molecule has 3 aliphatic carbocycles. The quantitative estimate of drug-likeness (QED) is 0.190. The summed E-state index contributed by atoms with van der Waals surface area (Å²) in [5.74, 6) is 2.21. The van der Waals surface area contributed by atoms with Crippen LogP contribution in [0.1, 0.15) is 68.7 Å². The van der Waals surface area contributed by atoms with Crippen molar-refractivity contribution < 1.29 is 19.1 Å². The number of nitriles is 2. The average molecular weight is 787 g/mol. The van der Waals surface area contributed by atoms with E-state index in [1.165, 1.54) is 0 Å². The molecular formula is C41H46N4O4S4. The lowest BCUT2D eigenvalue weighted by molar-refractivity contribution is 0.0610. The molecule has 1 saturated carbocycles. The highest BCUT2D eigenvalue weighted by molar-refractivity contribution is 8.20. The Labute approximate surface area is 330 Å². The first-order chi connectivity index (χ1) is 25.4. The fourth-order valence-corrected chi connectivity index (χ4v) is 14.7. The zero-order valence-electron chi connectivity index (χ0n) is 30.3. The van der Waals surface area contributed by atoms with Gasteiger partial charge in [-0.1, -0.05) is 93.6 Å². The number of allylic oxidation sites excluding steroid dienone is 2. The van der Waals surface area contributed by atoms with Gasteiger partial charge in [0.15, 0.2) is 8.16 Å². The summed E-state index contributed by atoms with van der Waals surface area (Å²) in [6.07, 6.45) is 11.3. The van der Waals surface area contributed by atoms with Gasteiger partial charge in [-0.15, -0.1) is 47.0 Å². The van der Waals surface area contributed by atoms with Crippen molar-refractivity contribution in [3.05, 3.63) is 95.1 Å². The number of thioether (sulfide) groups is 4. The molecule has 5 aliphatic rings. The summed E-state index contributed by atoms with van der Waals surface area (Å²) in [6.45, 7) is 7.32. The summed E-state index contributed by atoms with van der Waals surface area (Å²) in [4.78, 5) is 25.7. The van der Waals surface area contributed by atoms with Crippen molar-refractivity contribution in [1.29, 1.82) is 10.5 Å². The van der Waals surface area contributed by atoms with E-state index in [1.807, 2.05) is 48.5 Å². The van der Waals surface area contributed by atoms with Crippen LogP contribution in [0.2, 0.25) is 0 Å². The van der Waals surface area contributed by atoms with Gasteiger partial charge in [0.2, 0.25) is 0 Å². The lowest BCUT2D eigenvalue weighted by atomic mass is 9.62. The van der Waals surface area contributed by atoms with E-state index < -0.39 is 16.3 Å². The van der Waals surface area contributed by atoms with E-state index in [0.717, 1.165) is 53.0 Å². The van der Waals surface area contributed by atoms with Crippen molar-refractivity contribution in [3.63, 3.8) is 0 Å². The van der Waals surface area contributed by atoms with Crippen LogP contribution in [0.5, 0.6) is 0 Å². The van der Waals surface area contributed by atoms with E-state index in [1.54, 1.807) is 47.0 Å². The minimum Gasteiger partial charge on any atom is -0.445 e. The van der Waals surface area contributed by atoms with Gasteiger partial charge >= 0.3 is 12.2 Å². The fourth-order valence-electron chi connectivity index (χ4n) is 8.43. The van der Waals surface area contributed by atoms with E-state index in [4.69, 9.17) is 9.47 Å². The Morgan fingerprint density at radius 2 is 1.40 bits per heavy atom. The molecule has 8 unspecified atom stereocenters. The molecule has 3 fully saturated rings. The number of carbonyl (C=O) groups is 2. The highest BCUT2D eigenvalue weighted by Gasteiger charge is 2.57. The van der Waals surface area contributed by atoms with E-state index in [-0.39, 0.29) is 34.2 Å². The molecule has 2 aromatic rings. The molecule has 8 atom stereocenters. The maximum absolute atomic E-state index is 12.9. The Morgan fingerprint density at radius 1 is 0.792 bits per heavy atom. The first kappa shape index (κ1) is 38.1. The summed E-state index contributed by atoms with van der Waals surface area (Å²) < 4.78 is 10.4. The number of rotatable bonds is 13. The van der Waals surface area contributed by atoms with Gasteiger partial charge in [0.1, 0.15) is 13.2 Å². The highest BCUT2D eigenvalue weighted by atomic mass is 32.2. The Morgan fingerprint density at radius 3 is 1.91 bits per heavy atom. The van der Waals surface area contributed by atoms with E-state index >= 15 is 0 Å². The Hall–Kier alpha value is -3.16. The molecule has 53 heavy (non-hydrogen) atoms. The summed E-state index contributed by atoms with van der Waals surface area (Å²) in [5, 5.41) is 26.7. The van der Waals surface area contributed by atoms with Crippen molar-refractivity contribution in [2.45, 2.75) is 95.9 Å². The van der Waals surface area contributed by atoms with Gasteiger partial charge in [-0.05, 0) is 58.8 Å². The molecular weight excluding hydrogens is 741 g/mol. The first-order valence-corrected chi connectivity index (χ1v) is 21.9. The molecule has 0 aromatic heterocycles. The van der Waals surface area contributed by atoms with Crippen molar-refractivity contribution in [3.8, 4) is 12.1 Å². The molecule has 0 radical (unpaired) electrons. The SMILES string of the molecule is CC1(C)CC(NC(=O)OCc2ccc(CSC3(C#N)SC4C=CC3C4)cc2)CC(C)(CNC(=O)OCc2ccc(CSC3(C#N)SC4C=CC43)cc2)C1. The number of hydrogen-bond donors (Lipinski definition) is 2. The smallest absolute Gasteiger partial charge is 0.407 e. The van der Waals surface area contributed by atoms with Gasteiger partial charge in [-0.3, -0.25) is 0 Å². The van der Waals surface area contributed by atoms with Crippen LogP contribution in [0.4, 0.5) is 9.59 Å². The van der Waals surface area contributed by atoms with Crippen LogP contribution in [0.15, 0.2) is 72.8 Å². The van der Waals surface area contributed by atoms with Crippen molar-refractivity contribution in [2.75, 3.05) is 6.54 Å². The van der Waals surface area contributed by atoms with Crippen LogP contribution < -0.4 is 10.6 Å². The van der Waals surface area contributed by atoms with E-state index in [2.05, 4.69) is 67.8 Å². The number of amides is 2. The molecule has 2 aliphatic heterocycles. The van der Waals surface area contributed by atoms with Gasteiger partial charge in [0, 0.05) is 46.4 Å². The number of hydrogen-bond acceptors (Lipinski definition) is 10. The standard InChI is InChI=1S/C41H46N4O4S4/c1-38(2)17-32(45-37(47)49-20-28-6-8-29(9-7-28)21-50-40(24-42)31-12-13-33(16-31)52-40)18-39(3,23-38)26-44-36(46)48-19-27-4-10-30(11-5-27)22-51-41(25-43)34-14-15-35(34)53-41/h4-15,31-35H,16-23,26H2,1-3H3,(H,44,46)(H,45,47). The van der Waals surface area contributed by atoms with E-state index in [0.29, 0.717) is 35.3 Å². The topological polar surface area (TPSA) is 124 Å². The predicted molar refractivity (Wildman–Crippen MR) is 216 cm³/mol. The lowest BCUT2D eigenvalue weighted by Crippen LogP contribution is -2.51. The number of nitrogens with zero attached hydrogens (tertiary/aromatic N) is 2. The summed E-state index contributed by atoms with van der Waals surface area (Å²) >= 11 is 6.95. The number of alkyl carbamates (subject to hydrolysis) is 2. The Balaban J connectivity index is 0.816. The highest BCUT2D eigenvalue weighted by Crippen LogP contribution is 2.63. The van der Waals surface area contributed by atoms with Crippen molar-refractivity contribution in [1.82, 2.24) is 10.6 Å². The zero-order chi connectivity index (χ0) is 37.3. The second-order valence-corrected chi connectivity index (χ2v) is 21.9. The van der Waals surface area contributed by atoms with Crippen LogP contribution in [0, 0.1) is 45.3 Å². The number of nitrogens with one attached hydrogen (secondary N) is 2. The van der Waals surface area contributed by atoms with Crippen LogP contribution >= 0.6 is 47.0 Å². The van der Waals surface area contributed by atoms with Crippen molar-refractivity contribution in [2.24, 2.45) is 22.7 Å². The minimum atomic E-state index is -0.463. The maximum Gasteiger partial charge on any atom is 0.407 e. The van der Waals surface area contributed by atoms with Crippen LogP contribution in [-0.2, 0) is 34.2 Å². The second kappa shape index (κ2) is 15.5. The van der Waals surface area contributed by atoms with Gasteiger partial charge in [-0.25, -0.2) is 9.59 Å². The predicted octanol–water partition coefficient (Wildman–Crippen LogP) is 9.32. The molecule has 278 valence electrons. The van der Waals surface area contributed by atoms with Gasteiger partial charge < -0.3 is 20.1 Å². The van der Waals surface area contributed by atoms with Crippen LogP contribution in [0.3, 0.4) is 0 Å². The number of ether oxygens (including phenoxy) is 2. The molecule has 7 rings (SSSR count). The number of fused-ring (bicyclic) bond motifs is 3. The fraction of sp³-hybridized carbons (Fsp3) is 0.512. The van der Waals surface area contributed by atoms with Crippen molar-refractivity contribution >= 4 is 59.2 Å². The number of carbonyl (C=O) groups excluding carboxylic acids is 2. The van der Waals surface area contributed by atoms with Crippen LogP contribution in [-0.4, -0.2) is 43.4 Å². The lowest BCUT2D eigenvalue weighted by Gasteiger charge is -2.52. The third-order valence-electron chi connectivity index (χ3n) is 10.9. The molecule has 2 aromatic carbocycles. The van der Waals surface area contributed by atoms with Gasteiger partial charge in [-0.2, -0.15) is 10.5 Å². The van der Waals surface area contributed by atoms with Gasteiger partial charge in [0.05, 0.1) is 12.1 Å². The summed E-state index contributed by atoms with van der Waals surface area (Å²) in [5.41, 5.74) is 3.83. The summed E-state index contributed by atoms with van der Waals surface area (Å²) in [6, 6.07) is 21.1. The van der Waals surface area contributed by atoms with E-state index in [9.17, 15) is 20.1 Å². The normalized spacial score (nSPS) is 32.7. The average Bonchev–Trinajstić information content (AvgIpc) is 3.74. The Kier molecular flexibility index (Phi) is 11.2. The molecule has 0 spiro atoms. The largest absolute Gasteiger partial charge is 0.445 e. The molecule has 2 N–H and O–H groups in total. The molecule has 2 heterocycles. The molecule has 2 bridgehead atoms. The monoisotopic (exact) mass is 786 g/mol.